The number of benzene rings is 1. The van der Waals surface area contributed by atoms with E-state index >= 15 is 0 Å². The maximum Gasteiger partial charge on any atom is 0.0497 e. The minimum atomic E-state index is 0.155. The number of rotatable bonds is 5. The summed E-state index contributed by atoms with van der Waals surface area (Å²) < 4.78 is 0. The van der Waals surface area contributed by atoms with Crippen LogP contribution in [0.3, 0.4) is 0 Å². The molecule has 0 radical (unpaired) electrons. The van der Waals surface area contributed by atoms with Gasteiger partial charge in [0.2, 0.25) is 0 Å². The zero-order valence-corrected chi connectivity index (χ0v) is 14.0. The molecule has 1 aromatic rings. The first kappa shape index (κ1) is 16.5. The molecular weight excluding hydrogens is 258 g/mol. The zero-order chi connectivity index (χ0) is 15.4. The lowest BCUT2D eigenvalue weighted by atomic mass is 9.97. The molecule has 0 spiro atoms. The van der Waals surface area contributed by atoms with Crippen molar-refractivity contribution in [1.29, 1.82) is 0 Å². The second-order valence-electron chi connectivity index (χ2n) is 6.54. The van der Waals surface area contributed by atoms with E-state index in [1.807, 2.05) is 0 Å². The van der Waals surface area contributed by atoms with Gasteiger partial charge >= 0.3 is 0 Å². The predicted octanol–water partition coefficient (Wildman–Crippen LogP) is 2.80. The first-order valence-corrected chi connectivity index (χ1v) is 8.33. The maximum absolute atomic E-state index is 6.30. The van der Waals surface area contributed by atoms with Crippen molar-refractivity contribution in [3.05, 3.63) is 35.4 Å². The zero-order valence-electron chi connectivity index (χ0n) is 14.0. The molecule has 3 atom stereocenters. The first-order valence-electron chi connectivity index (χ1n) is 8.33. The van der Waals surface area contributed by atoms with Crippen molar-refractivity contribution in [2.75, 3.05) is 26.2 Å². The molecule has 0 amide bonds. The van der Waals surface area contributed by atoms with E-state index in [2.05, 4.69) is 61.8 Å². The Kier molecular flexibility index (Phi) is 5.80. The summed E-state index contributed by atoms with van der Waals surface area (Å²) in [6.45, 7) is 13.4. The lowest BCUT2D eigenvalue weighted by Gasteiger charge is -2.42. The summed E-state index contributed by atoms with van der Waals surface area (Å²) in [5.41, 5.74) is 8.97. The monoisotopic (exact) mass is 289 g/mol. The molecule has 2 N–H and O–H groups in total. The van der Waals surface area contributed by atoms with Crippen molar-refractivity contribution in [1.82, 2.24) is 9.80 Å². The van der Waals surface area contributed by atoms with Gasteiger partial charge in [-0.25, -0.2) is 0 Å². The van der Waals surface area contributed by atoms with Crippen LogP contribution in [-0.4, -0.2) is 48.1 Å². The lowest BCUT2D eigenvalue weighted by Crippen LogP contribution is -2.52. The predicted molar refractivity (Wildman–Crippen MR) is 90.5 cm³/mol. The molecule has 0 aromatic heterocycles. The van der Waals surface area contributed by atoms with Crippen LogP contribution in [0.1, 0.15) is 44.4 Å². The third kappa shape index (κ3) is 4.06. The van der Waals surface area contributed by atoms with E-state index in [9.17, 15) is 0 Å². The van der Waals surface area contributed by atoms with Crippen molar-refractivity contribution < 1.29 is 0 Å². The molecule has 0 aliphatic carbocycles. The van der Waals surface area contributed by atoms with Crippen LogP contribution in [0.5, 0.6) is 0 Å². The fourth-order valence-electron chi connectivity index (χ4n) is 3.33. The summed E-state index contributed by atoms with van der Waals surface area (Å²) >= 11 is 0. The van der Waals surface area contributed by atoms with Gasteiger partial charge < -0.3 is 5.73 Å². The highest BCUT2D eigenvalue weighted by atomic mass is 15.3. The average molecular weight is 289 g/mol. The Morgan fingerprint density at radius 2 is 1.52 bits per heavy atom. The van der Waals surface area contributed by atoms with E-state index in [4.69, 9.17) is 5.73 Å². The Hall–Kier alpha value is -0.900. The first-order chi connectivity index (χ1) is 10.0. The van der Waals surface area contributed by atoms with E-state index in [0.29, 0.717) is 12.1 Å². The van der Waals surface area contributed by atoms with Gasteiger partial charge in [-0.1, -0.05) is 36.8 Å². The van der Waals surface area contributed by atoms with Gasteiger partial charge in [0.05, 0.1) is 0 Å². The van der Waals surface area contributed by atoms with E-state index in [0.717, 1.165) is 26.2 Å². The number of nitrogens with two attached hydrogens (primary N) is 1. The third-order valence-corrected chi connectivity index (χ3v) is 4.87. The molecule has 2 rings (SSSR count). The molecule has 0 bridgehead atoms. The minimum absolute atomic E-state index is 0.155. The molecule has 3 unspecified atom stereocenters. The Morgan fingerprint density at radius 1 is 1.00 bits per heavy atom. The van der Waals surface area contributed by atoms with Crippen LogP contribution < -0.4 is 5.73 Å². The molecular formula is C18H31N3. The normalized spacial score (nSPS) is 22.0. The molecule has 3 heteroatoms. The van der Waals surface area contributed by atoms with E-state index in [-0.39, 0.29) is 6.04 Å². The maximum atomic E-state index is 6.30. The Bertz CT molecular complexity index is 419. The average Bonchev–Trinajstić information content (AvgIpc) is 2.49. The summed E-state index contributed by atoms with van der Waals surface area (Å²) in [5, 5.41) is 0. The van der Waals surface area contributed by atoms with Gasteiger partial charge in [0, 0.05) is 44.3 Å². The van der Waals surface area contributed by atoms with Gasteiger partial charge in [0.15, 0.2) is 0 Å². The van der Waals surface area contributed by atoms with Crippen LogP contribution in [0.15, 0.2) is 24.3 Å². The van der Waals surface area contributed by atoms with Crippen LogP contribution in [0.4, 0.5) is 0 Å². The highest BCUT2D eigenvalue weighted by Crippen LogP contribution is 2.25. The largest absolute Gasteiger partial charge is 0.326 e. The molecule has 21 heavy (non-hydrogen) atoms. The molecule has 1 aliphatic rings. The van der Waals surface area contributed by atoms with Crippen molar-refractivity contribution in [2.45, 2.75) is 52.2 Å². The van der Waals surface area contributed by atoms with Crippen LogP contribution >= 0.6 is 0 Å². The quantitative estimate of drug-likeness (QED) is 0.904. The van der Waals surface area contributed by atoms with Gasteiger partial charge in [-0.2, -0.15) is 0 Å². The Labute approximate surface area is 130 Å². The second kappa shape index (κ2) is 7.39. The topological polar surface area (TPSA) is 32.5 Å². The third-order valence-electron chi connectivity index (χ3n) is 4.87. The van der Waals surface area contributed by atoms with Gasteiger partial charge in [-0.3, -0.25) is 9.80 Å². The summed E-state index contributed by atoms with van der Waals surface area (Å²) in [6, 6.07) is 10.1. The highest BCUT2D eigenvalue weighted by Gasteiger charge is 2.28. The standard InChI is InChI=1S/C18H31N3/c1-5-15(3)20-10-12-21(13-11-20)18(16(4)19)17-8-6-14(2)7-9-17/h6-9,15-16,18H,5,10-13,19H2,1-4H3. The smallest absolute Gasteiger partial charge is 0.0497 e. The van der Waals surface area contributed by atoms with Crippen molar-refractivity contribution >= 4 is 0 Å². The number of piperazine rings is 1. The minimum Gasteiger partial charge on any atom is -0.326 e. The molecule has 1 aromatic carbocycles. The van der Waals surface area contributed by atoms with E-state index in [1.54, 1.807) is 0 Å². The Balaban J connectivity index is 2.05. The van der Waals surface area contributed by atoms with Crippen LogP contribution in [0.2, 0.25) is 0 Å². The second-order valence-corrected chi connectivity index (χ2v) is 6.54. The number of hydrogen-bond acceptors (Lipinski definition) is 3. The van der Waals surface area contributed by atoms with Crippen molar-refractivity contribution in [2.24, 2.45) is 5.73 Å². The molecule has 1 saturated heterocycles. The highest BCUT2D eigenvalue weighted by molar-refractivity contribution is 5.25. The fraction of sp³-hybridized carbons (Fsp3) is 0.667. The van der Waals surface area contributed by atoms with E-state index < -0.39 is 0 Å². The van der Waals surface area contributed by atoms with Gasteiger partial charge in [0.25, 0.3) is 0 Å². The summed E-state index contributed by atoms with van der Waals surface area (Å²) in [4.78, 5) is 5.16. The van der Waals surface area contributed by atoms with Gasteiger partial charge in [-0.15, -0.1) is 0 Å². The number of hydrogen-bond donors (Lipinski definition) is 1. The van der Waals surface area contributed by atoms with Gasteiger partial charge in [0.1, 0.15) is 0 Å². The summed E-state index contributed by atoms with van der Waals surface area (Å²) in [6.07, 6.45) is 1.23. The van der Waals surface area contributed by atoms with Crippen LogP contribution in [0.25, 0.3) is 0 Å². The number of aryl methyl sites for hydroxylation is 1. The molecule has 118 valence electrons. The Morgan fingerprint density at radius 3 is 2.00 bits per heavy atom. The summed E-state index contributed by atoms with van der Waals surface area (Å²) in [5.74, 6) is 0. The van der Waals surface area contributed by atoms with Crippen LogP contribution in [0, 0.1) is 6.92 Å². The molecule has 1 aliphatic heterocycles. The molecule has 1 heterocycles. The molecule has 1 fully saturated rings. The van der Waals surface area contributed by atoms with E-state index in [1.165, 1.54) is 17.5 Å². The SMILES string of the molecule is CCC(C)N1CCN(C(c2ccc(C)cc2)C(C)N)CC1. The van der Waals surface area contributed by atoms with Crippen LogP contribution in [-0.2, 0) is 0 Å². The van der Waals surface area contributed by atoms with Crippen molar-refractivity contribution in [3.63, 3.8) is 0 Å². The number of nitrogens with zero attached hydrogens (tertiary/aromatic N) is 2. The lowest BCUT2D eigenvalue weighted by molar-refractivity contribution is 0.0653. The molecule has 0 saturated carbocycles. The summed E-state index contributed by atoms with van der Waals surface area (Å²) in [7, 11) is 0. The molecule has 3 nitrogen and oxygen atoms in total. The fourth-order valence-corrected chi connectivity index (χ4v) is 3.33. The van der Waals surface area contributed by atoms with Crippen molar-refractivity contribution in [3.8, 4) is 0 Å². The van der Waals surface area contributed by atoms with Gasteiger partial charge in [-0.05, 0) is 32.8 Å².